The van der Waals surface area contributed by atoms with E-state index in [1.54, 1.807) is 18.0 Å². The Morgan fingerprint density at radius 3 is 2.55 bits per heavy atom. The first-order valence-corrected chi connectivity index (χ1v) is 7.52. The zero-order valence-corrected chi connectivity index (χ0v) is 13.5. The molecule has 0 radical (unpaired) electrons. The molecule has 0 unspecified atom stereocenters. The van der Waals surface area contributed by atoms with Crippen LogP contribution in [0.5, 0.6) is 0 Å². The van der Waals surface area contributed by atoms with Crippen LogP contribution < -0.4 is 15.5 Å². The number of carbonyl (C=O) groups is 2. The number of benzene rings is 1. The van der Waals surface area contributed by atoms with Crippen LogP contribution in [0.1, 0.15) is 23.2 Å². The highest BCUT2D eigenvalue weighted by molar-refractivity contribution is 6.05. The summed E-state index contributed by atoms with van der Waals surface area (Å²) in [5.41, 5.74) is 1.26. The molecule has 1 aromatic rings. The Hall–Kier alpha value is -1.59. The van der Waals surface area contributed by atoms with E-state index >= 15 is 0 Å². The van der Waals surface area contributed by atoms with E-state index in [1.807, 2.05) is 18.2 Å². The molecule has 0 bridgehead atoms. The molecule has 120 valence electrons. The van der Waals surface area contributed by atoms with Crippen molar-refractivity contribution >= 4 is 29.9 Å². The SMILES string of the molecule is CN(C(=O)C1CC1)c1ccccc1C(=O)NCC1CNC1.Cl. The van der Waals surface area contributed by atoms with Gasteiger partial charge in [-0.15, -0.1) is 12.4 Å². The number of anilines is 1. The van der Waals surface area contributed by atoms with E-state index in [9.17, 15) is 9.59 Å². The predicted molar refractivity (Wildman–Crippen MR) is 88.5 cm³/mol. The van der Waals surface area contributed by atoms with Crippen molar-refractivity contribution in [2.45, 2.75) is 12.8 Å². The van der Waals surface area contributed by atoms with Crippen molar-refractivity contribution in [3.05, 3.63) is 29.8 Å². The van der Waals surface area contributed by atoms with Crippen LogP contribution in [0.3, 0.4) is 0 Å². The summed E-state index contributed by atoms with van der Waals surface area (Å²) in [6.45, 7) is 2.60. The molecule has 22 heavy (non-hydrogen) atoms. The molecule has 1 aliphatic heterocycles. The number of nitrogens with zero attached hydrogens (tertiary/aromatic N) is 1. The van der Waals surface area contributed by atoms with Gasteiger partial charge < -0.3 is 15.5 Å². The molecular formula is C16H22ClN3O2. The van der Waals surface area contributed by atoms with Gasteiger partial charge in [0.25, 0.3) is 5.91 Å². The van der Waals surface area contributed by atoms with Gasteiger partial charge in [-0.2, -0.15) is 0 Å². The number of nitrogens with one attached hydrogen (secondary N) is 2. The fraction of sp³-hybridized carbons (Fsp3) is 0.500. The van der Waals surface area contributed by atoms with Gasteiger partial charge in [-0.05, 0) is 25.0 Å². The Morgan fingerprint density at radius 2 is 1.95 bits per heavy atom. The van der Waals surface area contributed by atoms with Crippen LogP contribution in [0.25, 0.3) is 0 Å². The van der Waals surface area contributed by atoms with Gasteiger partial charge in [-0.1, -0.05) is 12.1 Å². The molecule has 5 nitrogen and oxygen atoms in total. The topological polar surface area (TPSA) is 61.4 Å². The van der Waals surface area contributed by atoms with Crippen molar-refractivity contribution in [2.24, 2.45) is 11.8 Å². The highest BCUT2D eigenvalue weighted by atomic mass is 35.5. The maximum Gasteiger partial charge on any atom is 0.253 e. The first-order valence-electron chi connectivity index (χ1n) is 7.52. The zero-order chi connectivity index (χ0) is 14.8. The van der Waals surface area contributed by atoms with Gasteiger partial charge in [-0.25, -0.2) is 0 Å². The Bertz CT molecular complexity index is 556. The molecule has 2 amide bonds. The van der Waals surface area contributed by atoms with Gasteiger partial charge in [0.15, 0.2) is 0 Å². The number of amides is 2. The number of rotatable bonds is 5. The summed E-state index contributed by atoms with van der Waals surface area (Å²) in [6, 6.07) is 7.30. The molecule has 0 aromatic heterocycles. The van der Waals surface area contributed by atoms with E-state index in [2.05, 4.69) is 10.6 Å². The molecular weight excluding hydrogens is 302 g/mol. The quantitative estimate of drug-likeness (QED) is 0.861. The Balaban J connectivity index is 0.00000176. The normalized spacial score (nSPS) is 17.1. The fourth-order valence-corrected chi connectivity index (χ4v) is 2.51. The lowest BCUT2D eigenvalue weighted by Crippen LogP contribution is -2.48. The molecule has 6 heteroatoms. The second-order valence-corrected chi connectivity index (χ2v) is 5.92. The van der Waals surface area contributed by atoms with E-state index in [4.69, 9.17) is 0 Å². The van der Waals surface area contributed by atoms with Gasteiger partial charge in [-0.3, -0.25) is 9.59 Å². The minimum absolute atomic E-state index is 0. The molecule has 3 rings (SSSR count). The molecule has 1 aliphatic carbocycles. The lowest BCUT2D eigenvalue weighted by molar-refractivity contribution is -0.119. The third kappa shape index (κ3) is 3.59. The smallest absolute Gasteiger partial charge is 0.253 e. The molecule has 0 spiro atoms. The lowest BCUT2D eigenvalue weighted by Gasteiger charge is -2.27. The second kappa shape index (κ2) is 7.11. The number of para-hydroxylation sites is 1. The maximum absolute atomic E-state index is 12.4. The van der Waals surface area contributed by atoms with Crippen molar-refractivity contribution in [3.63, 3.8) is 0 Å². The molecule has 1 saturated carbocycles. The number of hydrogen-bond acceptors (Lipinski definition) is 3. The summed E-state index contributed by atoms with van der Waals surface area (Å²) in [5, 5.41) is 6.15. The Morgan fingerprint density at radius 1 is 1.27 bits per heavy atom. The fourth-order valence-electron chi connectivity index (χ4n) is 2.51. The van der Waals surface area contributed by atoms with Crippen molar-refractivity contribution in [3.8, 4) is 0 Å². The standard InChI is InChI=1S/C16H21N3O2.ClH/c1-19(16(21)12-6-7-12)14-5-3-2-4-13(14)15(20)18-10-11-8-17-9-11;/h2-5,11-12,17H,6-10H2,1H3,(H,18,20);1H. The first kappa shape index (κ1) is 16.8. The molecule has 1 saturated heterocycles. The predicted octanol–water partition coefficient (Wildman–Crippen LogP) is 1.43. The van der Waals surface area contributed by atoms with Crippen LogP contribution in [0.4, 0.5) is 5.69 Å². The van der Waals surface area contributed by atoms with Crippen LogP contribution in [0, 0.1) is 11.8 Å². The number of hydrogen-bond donors (Lipinski definition) is 2. The van der Waals surface area contributed by atoms with E-state index in [-0.39, 0.29) is 30.1 Å². The molecule has 1 aromatic carbocycles. The Labute approximate surface area is 136 Å². The van der Waals surface area contributed by atoms with Crippen molar-refractivity contribution < 1.29 is 9.59 Å². The summed E-state index contributed by atoms with van der Waals surface area (Å²) in [6.07, 6.45) is 1.93. The first-order chi connectivity index (χ1) is 10.2. The molecule has 2 aliphatic rings. The van der Waals surface area contributed by atoms with Crippen LogP contribution in [-0.2, 0) is 4.79 Å². The minimum atomic E-state index is -0.104. The number of halogens is 1. The van der Waals surface area contributed by atoms with E-state index in [1.165, 1.54) is 0 Å². The van der Waals surface area contributed by atoms with E-state index < -0.39 is 0 Å². The van der Waals surface area contributed by atoms with Gasteiger partial charge >= 0.3 is 0 Å². The summed E-state index contributed by atoms with van der Waals surface area (Å²) >= 11 is 0. The maximum atomic E-state index is 12.4. The molecule has 0 atom stereocenters. The molecule has 2 fully saturated rings. The zero-order valence-electron chi connectivity index (χ0n) is 12.7. The van der Waals surface area contributed by atoms with Crippen LogP contribution in [0.15, 0.2) is 24.3 Å². The van der Waals surface area contributed by atoms with E-state index in [0.717, 1.165) is 25.9 Å². The van der Waals surface area contributed by atoms with Crippen LogP contribution in [0.2, 0.25) is 0 Å². The van der Waals surface area contributed by atoms with Crippen LogP contribution >= 0.6 is 12.4 Å². The number of carbonyl (C=O) groups excluding carboxylic acids is 2. The summed E-state index contributed by atoms with van der Waals surface area (Å²) in [7, 11) is 1.75. The summed E-state index contributed by atoms with van der Waals surface area (Å²) in [4.78, 5) is 26.2. The molecule has 1 heterocycles. The average Bonchev–Trinajstić information content (AvgIpc) is 3.28. The van der Waals surface area contributed by atoms with Crippen molar-refractivity contribution in [1.82, 2.24) is 10.6 Å². The Kier molecular flexibility index (Phi) is 5.42. The highest BCUT2D eigenvalue weighted by Crippen LogP contribution is 2.33. The third-order valence-corrected chi connectivity index (χ3v) is 4.18. The van der Waals surface area contributed by atoms with Gasteiger partial charge in [0.2, 0.25) is 5.91 Å². The minimum Gasteiger partial charge on any atom is -0.352 e. The second-order valence-electron chi connectivity index (χ2n) is 5.92. The summed E-state index contributed by atoms with van der Waals surface area (Å²) in [5.74, 6) is 0.672. The lowest BCUT2D eigenvalue weighted by atomic mass is 10.0. The van der Waals surface area contributed by atoms with Gasteiger partial charge in [0, 0.05) is 38.5 Å². The molecule has 2 N–H and O–H groups in total. The van der Waals surface area contributed by atoms with Crippen LogP contribution in [-0.4, -0.2) is 38.5 Å². The largest absolute Gasteiger partial charge is 0.352 e. The average molecular weight is 324 g/mol. The van der Waals surface area contributed by atoms with Gasteiger partial charge in [0.05, 0.1) is 11.3 Å². The van der Waals surface area contributed by atoms with Crippen molar-refractivity contribution in [2.75, 3.05) is 31.6 Å². The van der Waals surface area contributed by atoms with E-state index in [0.29, 0.717) is 23.7 Å². The van der Waals surface area contributed by atoms with Crippen molar-refractivity contribution in [1.29, 1.82) is 0 Å². The highest BCUT2D eigenvalue weighted by Gasteiger charge is 2.33. The summed E-state index contributed by atoms with van der Waals surface area (Å²) < 4.78 is 0. The van der Waals surface area contributed by atoms with Gasteiger partial charge in [0.1, 0.15) is 0 Å². The monoisotopic (exact) mass is 323 g/mol. The third-order valence-electron chi connectivity index (χ3n) is 4.18.